The van der Waals surface area contributed by atoms with Crippen LogP contribution >= 0.6 is 0 Å². The van der Waals surface area contributed by atoms with Crippen molar-refractivity contribution >= 4 is 23.5 Å². The summed E-state index contributed by atoms with van der Waals surface area (Å²) in [5, 5.41) is 16.1. The lowest BCUT2D eigenvalue weighted by Crippen LogP contribution is -2.52. The summed E-state index contributed by atoms with van der Waals surface area (Å²) in [4.78, 5) is 43.1. The lowest BCUT2D eigenvalue weighted by atomic mass is 9.96. The van der Waals surface area contributed by atoms with E-state index in [0.29, 0.717) is 56.1 Å². The highest BCUT2D eigenvalue weighted by molar-refractivity contribution is 6.02. The monoisotopic (exact) mass is 544 g/mol. The standard InChI is InChI=1S/C29H44N4O6/c1-19-16-33(20(2)18-34)28(36)23-10-7-11-24(31-27(35)21-12-14-38-15-13-21)26(23)39-25(19)17-32(3)29(37)30-22-8-5-4-6-9-22/h7,10-11,19-22,25,34H,4-6,8-9,12-18H2,1-3H3,(H,30,37)(H,31,35)/t19-,20+,25+/m1/s1. The van der Waals surface area contributed by atoms with Gasteiger partial charge in [-0.3, -0.25) is 9.59 Å². The van der Waals surface area contributed by atoms with Crippen LogP contribution in [0.15, 0.2) is 18.2 Å². The summed E-state index contributed by atoms with van der Waals surface area (Å²) in [6.07, 6.45) is 6.29. The van der Waals surface area contributed by atoms with Gasteiger partial charge in [-0.05, 0) is 44.7 Å². The third-order valence-corrected chi connectivity index (χ3v) is 8.27. The molecular formula is C29H44N4O6. The molecule has 1 aliphatic carbocycles. The Morgan fingerprint density at radius 3 is 2.56 bits per heavy atom. The van der Waals surface area contributed by atoms with Gasteiger partial charge in [0.15, 0.2) is 5.75 Å². The topological polar surface area (TPSA) is 120 Å². The van der Waals surface area contributed by atoms with Crippen LogP contribution in [-0.4, -0.2) is 90.9 Å². The Hall–Kier alpha value is -2.85. The Bertz CT molecular complexity index is 1010. The molecule has 3 atom stereocenters. The van der Waals surface area contributed by atoms with Gasteiger partial charge < -0.3 is 35.0 Å². The van der Waals surface area contributed by atoms with E-state index in [1.165, 1.54) is 6.42 Å². The maximum Gasteiger partial charge on any atom is 0.317 e. The number of nitrogens with one attached hydrogen (secondary N) is 2. The van der Waals surface area contributed by atoms with Crippen LogP contribution in [0.2, 0.25) is 0 Å². The van der Waals surface area contributed by atoms with Crippen LogP contribution in [0.5, 0.6) is 5.75 Å². The van der Waals surface area contributed by atoms with Crippen LogP contribution in [0.4, 0.5) is 10.5 Å². The van der Waals surface area contributed by atoms with E-state index in [1.807, 2.05) is 13.8 Å². The fraction of sp³-hybridized carbons (Fsp3) is 0.690. The molecular weight excluding hydrogens is 500 g/mol. The summed E-state index contributed by atoms with van der Waals surface area (Å²) in [7, 11) is 1.76. The Labute approximate surface area is 231 Å². The maximum absolute atomic E-state index is 13.7. The zero-order valence-corrected chi connectivity index (χ0v) is 23.5. The summed E-state index contributed by atoms with van der Waals surface area (Å²) in [5.74, 6) is -0.411. The minimum absolute atomic E-state index is 0.126. The summed E-state index contributed by atoms with van der Waals surface area (Å²) in [6.45, 7) is 5.37. The summed E-state index contributed by atoms with van der Waals surface area (Å²) in [5.41, 5.74) is 0.758. The molecule has 0 spiro atoms. The smallest absolute Gasteiger partial charge is 0.317 e. The molecule has 4 amide bonds. The predicted molar refractivity (Wildman–Crippen MR) is 148 cm³/mol. The second-order valence-electron chi connectivity index (χ2n) is 11.3. The van der Waals surface area contributed by atoms with Gasteiger partial charge >= 0.3 is 6.03 Å². The molecule has 0 aromatic heterocycles. The molecule has 2 fully saturated rings. The number of benzene rings is 1. The van der Waals surface area contributed by atoms with E-state index in [1.54, 1.807) is 35.0 Å². The van der Waals surface area contributed by atoms with Gasteiger partial charge in [0.25, 0.3) is 5.91 Å². The van der Waals surface area contributed by atoms with Crippen molar-refractivity contribution in [1.82, 2.24) is 15.1 Å². The fourth-order valence-corrected chi connectivity index (χ4v) is 5.64. The predicted octanol–water partition coefficient (Wildman–Crippen LogP) is 3.25. The van der Waals surface area contributed by atoms with Gasteiger partial charge in [0.2, 0.25) is 5.91 Å². The van der Waals surface area contributed by atoms with Gasteiger partial charge in [-0.25, -0.2) is 4.79 Å². The Morgan fingerprint density at radius 1 is 1.15 bits per heavy atom. The average Bonchev–Trinajstić information content (AvgIpc) is 2.95. The number of amides is 4. The van der Waals surface area contributed by atoms with Crippen LogP contribution in [0.25, 0.3) is 0 Å². The molecule has 1 aromatic carbocycles. The first-order chi connectivity index (χ1) is 18.8. The quantitative estimate of drug-likeness (QED) is 0.485. The van der Waals surface area contributed by atoms with Gasteiger partial charge in [-0.1, -0.05) is 32.3 Å². The third kappa shape index (κ3) is 7.22. The molecule has 10 nitrogen and oxygen atoms in total. The van der Waals surface area contributed by atoms with E-state index in [4.69, 9.17) is 9.47 Å². The number of anilines is 1. The number of rotatable bonds is 7. The van der Waals surface area contributed by atoms with Crippen molar-refractivity contribution in [2.75, 3.05) is 45.3 Å². The van der Waals surface area contributed by atoms with E-state index in [0.717, 1.165) is 25.7 Å². The lowest BCUT2D eigenvalue weighted by Gasteiger charge is -2.38. The second kappa shape index (κ2) is 13.5. The lowest BCUT2D eigenvalue weighted by molar-refractivity contribution is -0.122. The van der Waals surface area contributed by atoms with Crippen molar-refractivity contribution in [2.24, 2.45) is 11.8 Å². The Morgan fingerprint density at radius 2 is 1.87 bits per heavy atom. The molecule has 216 valence electrons. The molecule has 4 rings (SSSR count). The number of urea groups is 1. The number of carbonyl (C=O) groups excluding carboxylic acids is 3. The molecule has 2 aliphatic heterocycles. The third-order valence-electron chi connectivity index (χ3n) is 8.27. The first-order valence-corrected chi connectivity index (χ1v) is 14.4. The zero-order valence-electron chi connectivity index (χ0n) is 23.5. The Balaban J connectivity index is 1.59. The molecule has 1 saturated carbocycles. The van der Waals surface area contributed by atoms with E-state index in [9.17, 15) is 19.5 Å². The fourth-order valence-electron chi connectivity index (χ4n) is 5.64. The van der Waals surface area contributed by atoms with Gasteiger partial charge in [0, 0.05) is 44.7 Å². The number of carbonyl (C=O) groups is 3. The number of nitrogens with zero attached hydrogens (tertiary/aromatic N) is 2. The molecule has 0 unspecified atom stereocenters. The van der Waals surface area contributed by atoms with Crippen LogP contribution < -0.4 is 15.4 Å². The van der Waals surface area contributed by atoms with Gasteiger partial charge in [0.05, 0.1) is 30.4 Å². The Kier molecular flexibility index (Phi) is 10.1. The number of aliphatic hydroxyl groups is 1. The van der Waals surface area contributed by atoms with Crippen LogP contribution in [0.1, 0.15) is 69.2 Å². The number of fused-ring (bicyclic) bond motifs is 1. The van der Waals surface area contributed by atoms with E-state index in [2.05, 4.69) is 10.6 Å². The van der Waals surface area contributed by atoms with Crippen molar-refractivity contribution < 1.29 is 29.0 Å². The molecule has 39 heavy (non-hydrogen) atoms. The number of para-hydroxylation sites is 1. The molecule has 3 aliphatic rings. The number of ether oxygens (including phenoxy) is 2. The second-order valence-corrected chi connectivity index (χ2v) is 11.3. The molecule has 1 saturated heterocycles. The molecule has 1 aromatic rings. The van der Waals surface area contributed by atoms with E-state index < -0.39 is 12.1 Å². The minimum atomic E-state index is -0.450. The van der Waals surface area contributed by atoms with E-state index >= 15 is 0 Å². The van der Waals surface area contributed by atoms with Crippen molar-refractivity contribution in [3.63, 3.8) is 0 Å². The van der Waals surface area contributed by atoms with Crippen molar-refractivity contribution in [1.29, 1.82) is 0 Å². The molecule has 0 radical (unpaired) electrons. The van der Waals surface area contributed by atoms with Crippen LogP contribution in [0.3, 0.4) is 0 Å². The average molecular weight is 545 g/mol. The first-order valence-electron chi connectivity index (χ1n) is 14.4. The van der Waals surface area contributed by atoms with Crippen LogP contribution in [-0.2, 0) is 9.53 Å². The van der Waals surface area contributed by atoms with Crippen LogP contribution in [0, 0.1) is 11.8 Å². The van der Waals surface area contributed by atoms with Crippen molar-refractivity contribution in [3.05, 3.63) is 23.8 Å². The van der Waals surface area contributed by atoms with Crippen molar-refractivity contribution in [2.45, 2.75) is 77.0 Å². The number of aliphatic hydroxyl groups excluding tert-OH is 1. The SMILES string of the molecule is C[C@@H]1CN([C@@H](C)CO)C(=O)c2cccc(NC(=O)C3CCOCC3)c2O[C@H]1CN(C)C(=O)NC1CCCCC1. The number of hydrogen-bond acceptors (Lipinski definition) is 6. The van der Waals surface area contributed by atoms with E-state index in [-0.39, 0.29) is 42.3 Å². The zero-order chi connectivity index (χ0) is 27.9. The highest BCUT2D eigenvalue weighted by Gasteiger charge is 2.35. The highest BCUT2D eigenvalue weighted by Crippen LogP contribution is 2.35. The first kappa shape index (κ1) is 29.1. The number of hydrogen-bond donors (Lipinski definition) is 3. The van der Waals surface area contributed by atoms with Gasteiger partial charge in [-0.2, -0.15) is 0 Å². The normalized spacial score (nSPS) is 23.6. The minimum Gasteiger partial charge on any atom is -0.485 e. The molecule has 2 heterocycles. The molecule has 3 N–H and O–H groups in total. The maximum atomic E-state index is 13.7. The molecule has 10 heteroatoms. The summed E-state index contributed by atoms with van der Waals surface area (Å²) < 4.78 is 11.9. The van der Waals surface area contributed by atoms with Gasteiger partial charge in [-0.15, -0.1) is 0 Å². The summed E-state index contributed by atoms with van der Waals surface area (Å²) >= 11 is 0. The van der Waals surface area contributed by atoms with Gasteiger partial charge in [0.1, 0.15) is 6.10 Å². The highest BCUT2D eigenvalue weighted by atomic mass is 16.5. The largest absolute Gasteiger partial charge is 0.485 e. The number of likely N-dealkylation sites (N-methyl/N-ethyl adjacent to an activating group) is 1. The molecule has 0 bridgehead atoms. The van der Waals surface area contributed by atoms with Crippen molar-refractivity contribution in [3.8, 4) is 5.75 Å². The summed E-state index contributed by atoms with van der Waals surface area (Å²) in [6, 6.07) is 4.80.